The first-order valence-corrected chi connectivity index (χ1v) is 6.22. The average molecular weight is 219 g/mol. The fourth-order valence-corrected chi connectivity index (χ4v) is 2.64. The highest BCUT2D eigenvalue weighted by Crippen LogP contribution is 2.43. The van der Waals surface area contributed by atoms with Gasteiger partial charge >= 0.3 is 0 Å². The molecule has 0 amide bonds. The van der Waals surface area contributed by atoms with Crippen molar-refractivity contribution < 1.29 is 4.74 Å². The molecule has 1 unspecified atom stereocenters. The van der Waals surface area contributed by atoms with E-state index in [2.05, 4.69) is 32.0 Å². The Morgan fingerprint density at radius 3 is 2.62 bits per heavy atom. The molecular weight excluding hydrogens is 198 g/mol. The van der Waals surface area contributed by atoms with Gasteiger partial charge in [0.25, 0.3) is 0 Å². The molecule has 1 aromatic carbocycles. The molecule has 1 aliphatic rings. The van der Waals surface area contributed by atoms with E-state index in [1.165, 1.54) is 5.56 Å². The molecule has 0 saturated carbocycles. The van der Waals surface area contributed by atoms with E-state index in [-0.39, 0.29) is 5.60 Å². The van der Waals surface area contributed by atoms with Gasteiger partial charge in [-0.1, -0.05) is 32.0 Å². The first-order chi connectivity index (χ1) is 7.74. The average Bonchev–Trinajstić information content (AvgIpc) is 2.37. The quantitative estimate of drug-likeness (QED) is 0.848. The maximum absolute atomic E-state index is 6.19. The Morgan fingerprint density at radius 2 is 2.00 bits per heavy atom. The summed E-state index contributed by atoms with van der Waals surface area (Å²) in [6.45, 7) is 5.11. The van der Waals surface area contributed by atoms with Gasteiger partial charge in [0.05, 0.1) is 0 Å². The van der Waals surface area contributed by atoms with Crippen LogP contribution in [0, 0.1) is 0 Å². The van der Waals surface area contributed by atoms with E-state index >= 15 is 0 Å². The summed E-state index contributed by atoms with van der Waals surface area (Å²) >= 11 is 0. The van der Waals surface area contributed by atoms with Crippen molar-refractivity contribution in [2.75, 3.05) is 6.54 Å². The van der Waals surface area contributed by atoms with Crippen molar-refractivity contribution in [1.29, 1.82) is 0 Å². The molecule has 0 radical (unpaired) electrons. The molecule has 0 aromatic heterocycles. The summed E-state index contributed by atoms with van der Waals surface area (Å²) in [4.78, 5) is 0. The van der Waals surface area contributed by atoms with E-state index in [0.29, 0.717) is 12.5 Å². The first kappa shape index (κ1) is 11.5. The lowest BCUT2D eigenvalue weighted by atomic mass is 9.80. The molecule has 1 heterocycles. The van der Waals surface area contributed by atoms with Crippen LogP contribution in [0.4, 0.5) is 0 Å². The van der Waals surface area contributed by atoms with Crippen molar-refractivity contribution >= 4 is 0 Å². The predicted octanol–water partition coefficient (Wildman–Crippen LogP) is 3.07. The topological polar surface area (TPSA) is 35.2 Å². The summed E-state index contributed by atoms with van der Waals surface area (Å²) in [5, 5.41) is 0. The Bertz CT molecular complexity index is 358. The first-order valence-electron chi connectivity index (χ1n) is 6.22. The lowest BCUT2D eigenvalue weighted by Crippen LogP contribution is -2.41. The minimum Gasteiger partial charge on any atom is -0.487 e. The van der Waals surface area contributed by atoms with Gasteiger partial charge in [-0.3, -0.25) is 0 Å². The molecule has 88 valence electrons. The molecule has 1 aliphatic heterocycles. The maximum Gasteiger partial charge on any atom is 0.123 e. The van der Waals surface area contributed by atoms with Crippen LogP contribution in [0.3, 0.4) is 0 Å². The maximum atomic E-state index is 6.19. The van der Waals surface area contributed by atoms with Gasteiger partial charge in [0.2, 0.25) is 0 Å². The number of fused-ring (bicyclic) bond motifs is 1. The molecule has 2 nitrogen and oxygen atoms in total. The number of rotatable bonds is 3. The van der Waals surface area contributed by atoms with Crippen molar-refractivity contribution in [1.82, 2.24) is 0 Å². The van der Waals surface area contributed by atoms with Crippen LogP contribution in [0.1, 0.15) is 44.6 Å². The van der Waals surface area contributed by atoms with E-state index in [4.69, 9.17) is 10.5 Å². The minimum absolute atomic E-state index is 0.00160. The summed E-state index contributed by atoms with van der Waals surface area (Å²) in [7, 11) is 0. The Kier molecular flexibility index (Phi) is 3.20. The number of hydrogen-bond donors (Lipinski definition) is 1. The molecule has 1 atom stereocenters. The SMILES string of the molecule is CCC1(CC)CC(CN)c2ccccc2O1. The van der Waals surface area contributed by atoms with Crippen molar-refractivity contribution in [3.8, 4) is 5.75 Å². The Morgan fingerprint density at radius 1 is 1.31 bits per heavy atom. The van der Waals surface area contributed by atoms with Gasteiger partial charge in [-0.2, -0.15) is 0 Å². The normalized spacial score (nSPS) is 22.3. The zero-order valence-electron chi connectivity index (χ0n) is 10.2. The predicted molar refractivity (Wildman–Crippen MR) is 66.8 cm³/mol. The van der Waals surface area contributed by atoms with Gasteiger partial charge in [0.1, 0.15) is 11.4 Å². The van der Waals surface area contributed by atoms with Crippen LogP contribution in [-0.2, 0) is 0 Å². The van der Waals surface area contributed by atoms with E-state index in [1.54, 1.807) is 0 Å². The van der Waals surface area contributed by atoms with Crippen molar-refractivity contribution in [2.45, 2.75) is 44.6 Å². The van der Waals surface area contributed by atoms with Crippen LogP contribution < -0.4 is 10.5 Å². The second-order valence-corrected chi connectivity index (χ2v) is 4.67. The van der Waals surface area contributed by atoms with Gasteiger partial charge in [-0.05, 0) is 37.4 Å². The van der Waals surface area contributed by atoms with Crippen LogP contribution >= 0.6 is 0 Å². The standard InChI is InChI=1S/C14H21NO/c1-3-14(4-2)9-11(10-15)12-7-5-6-8-13(12)16-14/h5-8,11H,3-4,9-10,15H2,1-2H3. The third-order valence-electron chi connectivity index (χ3n) is 3.88. The van der Waals surface area contributed by atoms with Crippen LogP contribution in [0.15, 0.2) is 24.3 Å². The number of nitrogens with two attached hydrogens (primary N) is 1. The molecule has 0 fully saturated rings. The lowest BCUT2D eigenvalue weighted by molar-refractivity contribution is 0.0285. The second kappa shape index (κ2) is 4.46. The molecule has 0 spiro atoms. The third kappa shape index (κ3) is 1.82. The summed E-state index contributed by atoms with van der Waals surface area (Å²) < 4.78 is 6.19. The number of benzene rings is 1. The van der Waals surface area contributed by atoms with Crippen molar-refractivity contribution in [3.63, 3.8) is 0 Å². The third-order valence-corrected chi connectivity index (χ3v) is 3.88. The molecule has 2 rings (SSSR count). The van der Waals surface area contributed by atoms with Gasteiger partial charge in [0.15, 0.2) is 0 Å². The highest BCUT2D eigenvalue weighted by Gasteiger charge is 2.37. The van der Waals surface area contributed by atoms with E-state index in [9.17, 15) is 0 Å². The molecule has 0 aliphatic carbocycles. The Hall–Kier alpha value is -1.02. The van der Waals surface area contributed by atoms with Crippen LogP contribution in [0.2, 0.25) is 0 Å². The Balaban J connectivity index is 2.38. The largest absolute Gasteiger partial charge is 0.487 e. The van der Waals surface area contributed by atoms with Crippen LogP contribution in [-0.4, -0.2) is 12.1 Å². The number of para-hydroxylation sites is 1. The van der Waals surface area contributed by atoms with Crippen molar-refractivity contribution in [2.24, 2.45) is 5.73 Å². The molecule has 16 heavy (non-hydrogen) atoms. The molecule has 2 heteroatoms. The monoisotopic (exact) mass is 219 g/mol. The van der Waals surface area contributed by atoms with Gasteiger partial charge in [-0.15, -0.1) is 0 Å². The van der Waals surface area contributed by atoms with Gasteiger partial charge < -0.3 is 10.5 Å². The molecule has 0 bridgehead atoms. The van der Waals surface area contributed by atoms with Gasteiger partial charge in [-0.25, -0.2) is 0 Å². The molecule has 2 N–H and O–H groups in total. The smallest absolute Gasteiger partial charge is 0.123 e. The Labute approximate surface area is 97.8 Å². The minimum atomic E-state index is -0.00160. The van der Waals surface area contributed by atoms with Crippen molar-refractivity contribution in [3.05, 3.63) is 29.8 Å². The fraction of sp³-hybridized carbons (Fsp3) is 0.571. The van der Waals surface area contributed by atoms with Gasteiger partial charge in [0, 0.05) is 5.92 Å². The summed E-state index contributed by atoms with van der Waals surface area (Å²) in [5.41, 5.74) is 7.17. The highest BCUT2D eigenvalue weighted by molar-refractivity contribution is 5.39. The fourth-order valence-electron chi connectivity index (χ4n) is 2.64. The summed E-state index contributed by atoms with van der Waals surface area (Å²) in [6.07, 6.45) is 3.15. The number of ether oxygens (including phenoxy) is 1. The summed E-state index contributed by atoms with van der Waals surface area (Å²) in [5.74, 6) is 1.48. The van der Waals surface area contributed by atoms with Crippen LogP contribution in [0.25, 0.3) is 0 Å². The molecule has 0 saturated heterocycles. The highest BCUT2D eigenvalue weighted by atomic mass is 16.5. The molecule has 1 aromatic rings. The lowest BCUT2D eigenvalue weighted by Gasteiger charge is -2.41. The summed E-state index contributed by atoms with van der Waals surface area (Å²) in [6, 6.07) is 8.31. The number of hydrogen-bond acceptors (Lipinski definition) is 2. The zero-order valence-corrected chi connectivity index (χ0v) is 10.2. The second-order valence-electron chi connectivity index (χ2n) is 4.67. The van der Waals surface area contributed by atoms with E-state index in [0.717, 1.165) is 25.0 Å². The van der Waals surface area contributed by atoms with Crippen LogP contribution in [0.5, 0.6) is 5.75 Å². The van der Waals surface area contributed by atoms with E-state index < -0.39 is 0 Å². The zero-order chi connectivity index (χ0) is 11.6. The molecular formula is C14H21NO. The van der Waals surface area contributed by atoms with E-state index in [1.807, 2.05) is 6.07 Å².